The van der Waals surface area contributed by atoms with Crippen molar-refractivity contribution in [3.63, 3.8) is 0 Å². The molecule has 25 heavy (non-hydrogen) atoms. The number of furan rings is 1. The largest absolute Gasteiger partial charge is 0.508 e. The van der Waals surface area contributed by atoms with E-state index in [2.05, 4.69) is 19.2 Å². The normalized spacial score (nSPS) is 31.8. The molecule has 0 amide bonds. The summed E-state index contributed by atoms with van der Waals surface area (Å²) in [5.41, 5.74) is 2.14. The standard InChI is InChI=1S/C22H29NO2/c1-15-8-17-9-16(2)12-22(11-15,13-17)23-14-19-6-5-18(10-20(19)24)21-4-3-7-25-21/h3-7,10,15-17,23-24H,8-9,11-14H2,1-2H3. The van der Waals surface area contributed by atoms with Crippen LogP contribution in [-0.4, -0.2) is 10.6 Å². The summed E-state index contributed by atoms with van der Waals surface area (Å²) in [7, 11) is 0. The van der Waals surface area contributed by atoms with Crippen LogP contribution in [0.2, 0.25) is 0 Å². The smallest absolute Gasteiger partial charge is 0.133 e. The van der Waals surface area contributed by atoms with E-state index in [9.17, 15) is 5.11 Å². The molecule has 0 aliphatic heterocycles. The molecular weight excluding hydrogens is 310 g/mol. The Kier molecular flexibility index (Phi) is 4.36. The van der Waals surface area contributed by atoms with E-state index in [0.29, 0.717) is 5.75 Å². The maximum absolute atomic E-state index is 10.5. The average Bonchev–Trinajstić information content (AvgIpc) is 3.06. The van der Waals surface area contributed by atoms with Gasteiger partial charge in [-0.15, -0.1) is 0 Å². The summed E-state index contributed by atoms with van der Waals surface area (Å²) < 4.78 is 5.42. The second-order valence-corrected chi connectivity index (χ2v) is 8.61. The number of phenols is 1. The Balaban J connectivity index is 1.49. The Hall–Kier alpha value is -1.74. The van der Waals surface area contributed by atoms with Crippen LogP contribution in [0.4, 0.5) is 0 Å². The second-order valence-electron chi connectivity index (χ2n) is 8.61. The Morgan fingerprint density at radius 3 is 2.52 bits per heavy atom. The summed E-state index contributed by atoms with van der Waals surface area (Å²) in [6.45, 7) is 5.53. The Labute approximate surface area is 150 Å². The van der Waals surface area contributed by atoms with Crippen LogP contribution in [0, 0.1) is 17.8 Å². The van der Waals surface area contributed by atoms with Crippen molar-refractivity contribution < 1.29 is 9.52 Å². The average molecular weight is 339 g/mol. The van der Waals surface area contributed by atoms with Crippen LogP contribution < -0.4 is 5.32 Å². The van der Waals surface area contributed by atoms with E-state index in [1.807, 2.05) is 30.3 Å². The lowest BCUT2D eigenvalue weighted by Crippen LogP contribution is -2.54. The third-order valence-corrected chi connectivity index (χ3v) is 6.17. The molecule has 0 spiro atoms. The molecule has 3 heteroatoms. The molecule has 1 heterocycles. The third kappa shape index (κ3) is 3.48. The Morgan fingerprint density at radius 2 is 1.88 bits per heavy atom. The summed E-state index contributed by atoms with van der Waals surface area (Å²) in [6, 6.07) is 9.64. The molecule has 1 aromatic heterocycles. The van der Waals surface area contributed by atoms with Gasteiger partial charge >= 0.3 is 0 Å². The minimum Gasteiger partial charge on any atom is -0.508 e. The highest BCUT2D eigenvalue weighted by Crippen LogP contribution is 2.47. The highest BCUT2D eigenvalue weighted by molar-refractivity contribution is 5.60. The molecule has 2 fully saturated rings. The molecule has 2 atom stereocenters. The maximum Gasteiger partial charge on any atom is 0.133 e. The fraction of sp³-hybridized carbons (Fsp3) is 0.545. The quantitative estimate of drug-likeness (QED) is 0.789. The maximum atomic E-state index is 10.5. The number of hydrogen-bond acceptors (Lipinski definition) is 3. The number of rotatable bonds is 4. The van der Waals surface area contributed by atoms with E-state index in [0.717, 1.165) is 41.2 Å². The summed E-state index contributed by atoms with van der Waals surface area (Å²) in [4.78, 5) is 0. The SMILES string of the molecule is CC1CC2CC(C)CC(NCc3ccc(-c4ccco4)cc3O)(C1)C2. The highest BCUT2D eigenvalue weighted by atomic mass is 16.3. The minimum absolute atomic E-state index is 0.256. The van der Waals surface area contributed by atoms with Crippen molar-refractivity contribution in [2.75, 3.05) is 0 Å². The Bertz CT molecular complexity index is 702. The van der Waals surface area contributed by atoms with Crippen molar-refractivity contribution in [2.24, 2.45) is 17.8 Å². The van der Waals surface area contributed by atoms with Crippen molar-refractivity contribution in [3.8, 4) is 17.1 Å². The monoisotopic (exact) mass is 339 g/mol. The molecule has 1 aromatic carbocycles. The first-order chi connectivity index (χ1) is 12.0. The number of hydrogen-bond donors (Lipinski definition) is 2. The van der Waals surface area contributed by atoms with Gasteiger partial charge in [0.15, 0.2) is 0 Å². The minimum atomic E-state index is 0.256. The lowest BCUT2D eigenvalue weighted by molar-refractivity contribution is 0.0541. The fourth-order valence-electron chi connectivity index (χ4n) is 5.51. The third-order valence-electron chi connectivity index (χ3n) is 6.17. The van der Waals surface area contributed by atoms with Gasteiger partial charge in [-0.2, -0.15) is 0 Å². The van der Waals surface area contributed by atoms with Crippen LogP contribution in [0.5, 0.6) is 5.75 Å². The van der Waals surface area contributed by atoms with Gasteiger partial charge in [-0.1, -0.05) is 26.0 Å². The van der Waals surface area contributed by atoms with Crippen LogP contribution in [0.15, 0.2) is 41.0 Å². The molecular formula is C22H29NO2. The summed E-state index contributed by atoms with van der Waals surface area (Å²) in [5, 5.41) is 14.3. The zero-order valence-corrected chi connectivity index (χ0v) is 15.3. The van der Waals surface area contributed by atoms with Gasteiger partial charge in [0, 0.05) is 23.2 Å². The van der Waals surface area contributed by atoms with Gasteiger partial charge in [0.1, 0.15) is 11.5 Å². The van der Waals surface area contributed by atoms with Gasteiger partial charge in [-0.3, -0.25) is 0 Å². The van der Waals surface area contributed by atoms with Gasteiger partial charge in [0.25, 0.3) is 0 Å². The molecule has 4 rings (SSSR count). The molecule has 2 aromatic rings. The first kappa shape index (κ1) is 16.7. The van der Waals surface area contributed by atoms with E-state index < -0.39 is 0 Å². The molecule has 2 aliphatic rings. The van der Waals surface area contributed by atoms with Crippen LogP contribution in [0.1, 0.15) is 51.5 Å². The zero-order valence-electron chi connectivity index (χ0n) is 15.3. The van der Waals surface area contributed by atoms with E-state index >= 15 is 0 Å². The fourth-order valence-corrected chi connectivity index (χ4v) is 5.51. The molecule has 2 N–H and O–H groups in total. The summed E-state index contributed by atoms with van der Waals surface area (Å²) in [6.07, 6.45) is 8.25. The van der Waals surface area contributed by atoms with Gasteiger partial charge in [-0.05, 0) is 68.1 Å². The van der Waals surface area contributed by atoms with Crippen LogP contribution in [-0.2, 0) is 6.54 Å². The predicted octanol–water partition coefficient (Wildman–Crippen LogP) is 5.35. The van der Waals surface area contributed by atoms with Crippen molar-refractivity contribution >= 4 is 0 Å². The molecule has 2 unspecified atom stereocenters. The number of aromatic hydroxyl groups is 1. The molecule has 0 radical (unpaired) electrons. The zero-order chi connectivity index (χ0) is 17.4. The predicted molar refractivity (Wildman–Crippen MR) is 100 cm³/mol. The molecule has 0 saturated heterocycles. The van der Waals surface area contributed by atoms with Gasteiger partial charge in [0.2, 0.25) is 0 Å². The summed E-state index contributed by atoms with van der Waals surface area (Å²) in [5.74, 6) is 3.61. The topological polar surface area (TPSA) is 45.4 Å². The molecule has 3 nitrogen and oxygen atoms in total. The van der Waals surface area contributed by atoms with Crippen LogP contribution in [0.3, 0.4) is 0 Å². The molecule has 2 bridgehead atoms. The van der Waals surface area contributed by atoms with Gasteiger partial charge < -0.3 is 14.8 Å². The molecule has 2 aliphatic carbocycles. The molecule has 2 saturated carbocycles. The van der Waals surface area contributed by atoms with Crippen LogP contribution >= 0.6 is 0 Å². The number of phenolic OH excluding ortho intramolecular Hbond substituents is 1. The lowest BCUT2D eigenvalue weighted by Gasteiger charge is -2.50. The van der Waals surface area contributed by atoms with Crippen LogP contribution in [0.25, 0.3) is 11.3 Å². The number of fused-ring (bicyclic) bond motifs is 2. The van der Waals surface area contributed by atoms with Gasteiger partial charge in [0.05, 0.1) is 6.26 Å². The van der Waals surface area contributed by atoms with Crippen molar-refractivity contribution in [1.82, 2.24) is 5.32 Å². The number of benzene rings is 1. The summed E-state index contributed by atoms with van der Waals surface area (Å²) >= 11 is 0. The first-order valence-electron chi connectivity index (χ1n) is 9.64. The van der Waals surface area contributed by atoms with Crippen molar-refractivity contribution in [1.29, 1.82) is 0 Å². The molecule has 134 valence electrons. The lowest BCUT2D eigenvalue weighted by atomic mass is 9.61. The second kappa shape index (κ2) is 6.53. The highest BCUT2D eigenvalue weighted by Gasteiger charge is 2.43. The van der Waals surface area contributed by atoms with Gasteiger partial charge in [-0.25, -0.2) is 0 Å². The Morgan fingerprint density at radius 1 is 1.12 bits per heavy atom. The van der Waals surface area contributed by atoms with Crippen molar-refractivity contribution in [3.05, 3.63) is 42.2 Å². The number of nitrogens with one attached hydrogen (secondary N) is 1. The van der Waals surface area contributed by atoms with E-state index in [4.69, 9.17) is 4.42 Å². The van der Waals surface area contributed by atoms with Crippen molar-refractivity contribution in [2.45, 2.75) is 58.0 Å². The van der Waals surface area contributed by atoms with E-state index in [1.54, 1.807) is 6.26 Å². The van der Waals surface area contributed by atoms with E-state index in [-0.39, 0.29) is 5.54 Å². The first-order valence-corrected chi connectivity index (χ1v) is 9.64. The van der Waals surface area contributed by atoms with E-state index in [1.165, 1.54) is 32.1 Å².